The van der Waals surface area contributed by atoms with Gasteiger partial charge in [-0.1, -0.05) is 0 Å². The van der Waals surface area contributed by atoms with Crippen LogP contribution in [0.5, 0.6) is 0 Å². The number of carbonyl (C=O) groups is 1. The number of rotatable bonds is 5. The van der Waals surface area contributed by atoms with Crippen molar-refractivity contribution in [3.8, 4) is 0 Å². The van der Waals surface area contributed by atoms with Gasteiger partial charge in [0.25, 0.3) is 0 Å². The summed E-state index contributed by atoms with van der Waals surface area (Å²) in [6.45, 7) is 5.76. The third kappa shape index (κ3) is 10.2. The molecule has 0 aromatic heterocycles. The van der Waals surface area contributed by atoms with E-state index in [0.717, 1.165) is 0 Å². The third-order valence-corrected chi connectivity index (χ3v) is 2.34. The zero-order chi connectivity index (χ0) is 13.6. The van der Waals surface area contributed by atoms with Gasteiger partial charge in [0.05, 0.1) is 11.8 Å². The molecule has 1 unspecified atom stereocenters. The van der Waals surface area contributed by atoms with Gasteiger partial charge in [-0.05, 0) is 34.9 Å². The molecule has 2 N–H and O–H groups in total. The van der Waals surface area contributed by atoms with Crippen LogP contribution in [0.2, 0.25) is 0 Å². The number of hydrogen-bond acceptors (Lipinski definition) is 4. The first kappa shape index (κ1) is 16.3. The van der Waals surface area contributed by atoms with Crippen molar-refractivity contribution in [2.75, 3.05) is 26.4 Å². The first-order valence-electron chi connectivity index (χ1n) is 5.32. The maximum atomic E-state index is 11.5. The van der Waals surface area contributed by atoms with Crippen LogP contribution in [0.15, 0.2) is 0 Å². The lowest BCUT2D eigenvalue weighted by Gasteiger charge is -2.24. The van der Waals surface area contributed by atoms with E-state index in [0.29, 0.717) is 6.54 Å². The van der Waals surface area contributed by atoms with E-state index < -0.39 is 28.8 Å². The number of amides is 1. The minimum Gasteiger partial charge on any atom is -0.444 e. The molecule has 0 aliphatic carbocycles. The zero-order valence-electron chi connectivity index (χ0n) is 11.0. The number of carbonyl (C=O) groups excluding carboxylic acids is 1. The van der Waals surface area contributed by atoms with Crippen LogP contribution in [0.1, 0.15) is 20.8 Å². The summed E-state index contributed by atoms with van der Waals surface area (Å²) in [5.74, 6) is -0.0164. The predicted octanol–water partition coefficient (Wildman–Crippen LogP) is 0.663. The maximum Gasteiger partial charge on any atom is 0.407 e. The number of likely N-dealkylation sites (N-methyl/N-ethyl adjacent to an activating group) is 1. The first-order valence-corrected chi connectivity index (χ1v) is 6.59. The minimum absolute atomic E-state index is 0.0164. The van der Waals surface area contributed by atoms with E-state index in [9.17, 15) is 9.00 Å². The fourth-order valence-corrected chi connectivity index (χ4v) is 1.76. The summed E-state index contributed by atoms with van der Waals surface area (Å²) in [4.78, 5) is 13.3. The van der Waals surface area contributed by atoms with Gasteiger partial charge in [-0.3, -0.25) is 0 Å². The maximum absolute atomic E-state index is 11.5. The average molecular weight is 266 g/mol. The molecule has 0 aliphatic heterocycles. The molecule has 0 fully saturated rings. The van der Waals surface area contributed by atoms with E-state index in [1.807, 2.05) is 19.0 Å². The number of hydrogen-bond donors (Lipinski definition) is 2. The third-order valence-electron chi connectivity index (χ3n) is 1.65. The Morgan fingerprint density at radius 1 is 1.47 bits per heavy atom. The molecule has 0 aliphatic rings. The van der Waals surface area contributed by atoms with E-state index in [1.54, 1.807) is 20.8 Å². The largest absolute Gasteiger partial charge is 0.444 e. The standard InChI is InChI=1S/C10H22N2O4S/c1-10(2,3)16-9(13)11-8(6-12(4)5)7-17(14)15/h8H,6-7H2,1-5H3,(H,11,13)(H,14,15)/t8-/m1/s1. The Bertz CT molecular complexity index is 276. The summed E-state index contributed by atoms with van der Waals surface area (Å²) in [5.41, 5.74) is -0.578. The molecule has 0 aromatic rings. The van der Waals surface area contributed by atoms with E-state index in [2.05, 4.69) is 5.32 Å². The van der Waals surface area contributed by atoms with Crippen molar-refractivity contribution in [3.63, 3.8) is 0 Å². The smallest absolute Gasteiger partial charge is 0.407 e. The van der Waals surface area contributed by atoms with Gasteiger partial charge in [0.15, 0.2) is 11.1 Å². The molecule has 7 heteroatoms. The number of nitrogens with zero attached hydrogens (tertiary/aromatic N) is 1. The molecule has 102 valence electrons. The highest BCUT2D eigenvalue weighted by molar-refractivity contribution is 7.79. The van der Waals surface area contributed by atoms with Crippen molar-refractivity contribution >= 4 is 17.2 Å². The molecule has 0 saturated carbocycles. The van der Waals surface area contributed by atoms with Gasteiger partial charge in [0.1, 0.15) is 5.60 Å². The van der Waals surface area contributed by atoms with E-state index in [-0.39, 0.29) is 5.75 Å². The summed E-state index contributed by atoms with van der Waals surface area (Å²) in [6, 6.07) is -0.411. The Balaban J connectivity index is 4.32. The summed E-state index contributed by atoms with van der Waals surface area (Å²) in [6.07, 6.45) is -0.574. The van der Waals surface area contributed by atoms with Crippen molar-refractivity contribution in [1.29, 1.82) is 0 Å². The molecular formula is C10H22N2O4S. The highest BCUT2D eigenvalue weighted by Gasteiger charge is 2.21. The Hall–Kier alpha value is -0.660. The molecule has 6 nitrogen and oxygen atoms in total. The molecule has 17 heavy (non-hydrogen) atoms. The van der Waals surface area contributed by atoms with Gasteiger partial charge in [0, 0.05) is 6.54 Å². The predicted molar refractivity (Wildman–Crippen MR) is 67.3 cm³/mol. The lowest BCUT2D eigenvalue weighted by molar-refractivity contribution is 0.0503. The topological polar surface area (TPSA) is 78.9 Å². The molecule has 0 heterocycles. The van der Waals surface area contributed by atoms with Gasteiger partial charge in [0.2, 0.25) is 0 Å². The van der Waals surface area contributed by atoms with E-state index >= 15 is 0 Å². The average Bonchev–Trinajstić information content (AvgIpc) is 1.95. The van der Waals surface area contributed by atoms with Crippen LogP contribution in [0.25, 0.3) is 0 Å². The molecular weight excluding hydrogens is 244 g/mol. The highest BCUT2D eigenvalue weighted by Crippen LogP contribution is 2.06. The second-order valence-corrected chi connectivity index (χ2v) is 6.07. The summed E-state index contributed by atoms with van der Waals surface area (Å²) >= 11 is -1.95. The second kappa shape index (κ2) is 6.93. The monoisotopic (exact) mass is 266 g/mol. The van der Waals surface area contributed by atoms with Crippen LogP contribution in [-0.2, 0) is 15.8 Å². The van der Waals surface area contributed by atoms with Crippen molar-refractivity contribution in [2.24, 2.45) is 0 Å². The van der Waals surface area contributed by atoms with Crippen LogP contribution in [-0.4, -0.2) is 57.8 Å². The van der Waals surface area contributed by atoms with Crippen LogP contribution >= 0.6 is 0 Å². The SMILES string of the molecule is CN(C)C[C@H](CS(=O)O)NC(=O)OC(C)(C)C. The van der Waals surface area contributed by atoms with Crippen molar-refractivity contribution in [3.05, 3.63) is 0 Å². The lowest BCUT2D eigenvalue weighted by atomic mass is 10.2. The quantitative estimate of drug-likeness (QED) is 0.715. The summed E-state index contributed by atoms with van der Waals surface area (Å²) in [5, 5.41) is 2.58. The molecule has 1 amide bonds. The van der Waals surface area contributed by atoms with Gasteiger partial charge in [-0.2, -0.15) is 0 Å². The second-order valence-electron chi connectivity index (χ2n) is 5.09. The lowest BCUT2D eigenvalue weighted by Crippen LogP contribution is -2.46. The molecule has 0 rings (SSSR count). The Morgan fingerprint density at radius 3 is 2.35 bits per heavy atom. The normalized spacial score (nSPS) is 15.5. The minimum atomic E-state index is -1.95. The fourth-order valence-electron chi connectivity index (χ4n) is 1.23. The molecule has 2 atom stereocenters. The Labute approximate surface area is 105 Å². The molecule has 0 bridgehead atoms. The number of ether oxygens (including phenoxy) is 1. The molecule has 0 saturated heterocycles. The van der Waals surface area contributed by atoms with Crippen LogP contribution in [0, 0.1) is 0 Å². The van der Waals surface area contributed by atoms with Crippen LogP contribution in [0.3, 0.4) is 0 Å². The van der Waals surface area contributed by atoms with E-state index in [1.165, 1.54) is 0 Å². The zero-order valence-corrected chi connectivity index (χ0v) is 11.8. The van der Waals surface area contributed by atoms with Crippen molar-refractivity contribution in [1.82, 2.24) is 10.2 Å². The van der Waals surface area contributed by atoms with E-state index in [4.69, 9.17) is 9.29 Å². The molecule has 0 spiro atoms. The molecule has 0 aromatic carbocycles. The highest BCUT2D eigenvalue weighted by atomic mass is 32.2. The van der Waals surface area contributed by atoms with Gasteiger partial charge < -0.3 is 19.5 Å². The first-order chi connectivity index (χ1) is 7.60. The van der Waals surface area contributed by atoms with Crippen molar-refractivity contribution in [2.45, 2.75) is 32.4 Å². The van der Waals surface area contributed by atoms with Crippen LogP contribution in [0.4, 0.5) is 4.79 Å². The van der Waals surface area contributed by atoms with Gasteiger partial charge in [-0.15, -0.1) is 0 Å². The summed E-state index contributed by atoms with van der Waals surface area (Å²) in [7, 11) is 3.65. The summed E-state index contributed by atoms with van der Waals surface area (Å²) < 4.78 is 24.7. The molecule has 0 radical (unpaired) electrons. The number of alkyl carbamates (subject to hydrolysis) is 1. The number of nitrogens with one attached hydrogen (secondary N) is 1. The van der Waals surface area contributed by atoms with Gasteiger partial charge >= 0.3 is 6.09 Å². The van der Waals surface area contributed by atoms with Crippen LogP contribution < -0.4 is 5.32 Å². The Morgan fingerprint density at radius 2 is 2.00 bits per heavy atom. The fraction of sp³-hybridized carbons (Fsp3) is 0.900. The Kier molecular flexibility index (Phi) is 6.66. The van der Waals surface area contributed by atoms with Gasteiger partial charge in [-0.25, -0.2) is 9.00 Å². The van der Waals surface area contributed by atoms with Crippen molar-refractivity contribution < 1.29 is 18.3 Å².